The summed E-state index contributed by atoms with van der Waals surface area (Å²) in [6.07, 6.45) is 7.05. The van der Waals surface area contributed by atoms with E-state index in [1.165, 1.54) is 51.3 Å². The zero-order valence-electron chi connectivity index (χ0n) is 19.7. The van der Waals surface area contributed by atoms with Gasteiger partial charge >= 0.3 is 17.5 Å². The van der Waals surface area contributed by atoms with Gasteiger partial charge in [0.1, 0.15) is 5.82 Å². The number of amides is 1. The fraction of sp³-hybridized carbons (Fsp3) is 0.478. The minimum Gasteiger partial charge on any atom is -0.348 e. The second-order valence-electron chi connectivity index (χ2n) is 8.69. The molecule has 1 aliphatic carbocycles. The summed E-state index contributed by atoms with van der Waals surface area (Å²) in [5.41, 5.74) is -1.53. The van der Waals surface area contributed by atoms with E-state index < -0.39 is 23.0 Å². The number of hydrogen-bond acceptors (Lipinski definition) is 8. The lowest BCUT2D eigenvalue weighted by Gasteiger charge is -2.31. The minimum absolute atomic E-state index is 0.233. The van der Waals surface area contributed by atoms with Crippen molar-refractivity contribution in [3.05, 3.63) is 56.8 Å². The fourth-order valence-corrected chi connectivity index (χ4v) is 4.19. The molecule has 1 fully saturated rings. The molecule has 2 heterocycles. The number of carbonyl (C=O) groups excluding carboxylic acids is 1. The molecule has 0 radical (unpaired) electrons. The standard InChI is InChI=1S/C23H28FN7O4/c1-29(16-7-4-3-5-8-16)14-6-13-25-20(32)21-26-19(28-35-21)18-22(33)30(2)23(34)31(27-18)17-11-9-15(24)10-12-17/h9-12,16H,3-8,13-14H2,1-2H3,(H,25,32). The summed E-state index contributed by atoms with van der Waals surface area (Å²) in [6.45, 7) is 1.30. The number of carbonyl (C=O) groups is 1. The molecule has 3 aromatic rings. The molecule has 2 aromatic heterocycles. The van der Waals surface area contributed by atoms with Crippen molar-refractivity contribution >= 4 is 5.91 Å². The Morgan fingerprint density at radius 1 is 1.20 bits per heavy atom. The maximum absolute atomic E-state index is 13.3. The SMILES string of the molecule is CN(CCCNC(=O)c1nc(-c2nn(-c3ccc(F)cc3)c(=O)n(C)c2=O)no1)C1CCCCC1. The van der Waals surface area contributed by atoms with E-state index in [0.29, 0.717) is 12.6 Å². The third-order valence-corrected chi connectivity index (χ3v) is 6.25. The van der Waals surface area contributed by atoms with Crippen LogP contribution in [0.25, 0.3) is 17.2 Å². The first kappa shape index (κ1) is 24.5. The van der Waals surface area contributed by atoms with Crippen molar-refractivity contribution in [2.24, 2.45) is 7.05 Å². The van der Waals surface area contributed by atoms with Gasteiger partial charge in [-0.2, -0.15) is 14.8 Å². The van der Waals surface area contributed by atoms with Crippen LogP contribution in [0.15, 0.2) is 38.4 Å². The summed E-state index contributed by atoms with van der Waals surface area (Å²) < 4.78 is 20.1. The molecule has 0 spiro atoms. The van der Waals surface area contributed by atoms with Crippen molar-refractivity contribution < 1.29 is 13.7 Å². The lowest BCUT2D eigenvalue weighted by molar-refractivity contribution is 0.0906. The highest BCUT2D eigenvalue weighted by Crippen LogP contribution is 2.21. The average molecular weight is 486 g/mol. The van der Waals surface area contributed by atoms with Gasteiger partial charge in [0.2, 0.25) is 5.82 Å². The summed E-state index contributed by atoms with van der Waals surface area (Å²) >= 11 is 0. The van der Waals surface area contributed by atoms with Crippen molar-refractivity contribution in [2.75, 3.05) is 20.1 Å². The Hall–Kier alpha value is -3.67. The zero-order valence-corrected chi connectivity index (χ0v) is 19.7. The van der Waals surface area contributed by atoms with Gasteiger partial charge in [0.15, 0.2) is 5.69 Å². The summed E-state index contributed by atoms with van der Waals surface area (Å²) in [5, 5.41) is 10.5. The predicted molar refractivity (Wildman–Crippen MR) is 125 cm³/mol. The highest BCUT2D eigenvalue weighted by atomic mass is 19.1. The third kappa shape index (κ3) is 5.53. The number of nitrogens with zero attached hydrogens (tertiary/aromatic N) is 6. The normalized spacial score (nSPS) is 14.4. The largest absolute Gasteiger partial charge is 0.351 e. The first-order chi connectivity index (χ1) is 16.8. The maximum atomic E-state index is 13.3. The van der Waals surface area contributed by atoms with Crippen LogP contribution < -0.4 is 16.6 Å². The Labute approximate surface area is 200 Å². The molecular formula is C23H28FN7O4. The highest BCUT2D eigenvalue weighted by Gasteiger charge is 2.22. The molecule has 11 nitrogen and oxygen atoms in total. The van der Waals surface area contributed by atoms with Crippen molar-refractivity contribution in [2.45, 2.75) is 44.6 Å². The second-order valence-corrected chi connectivity index (χ2v) is 8.69. The van der Waals surface area contributed by atoms with Gasteiger partial charge in [0.05, 0.1) is 5.69 Å². The molecule has 186 valence electrons. The first-order valence-corrected chi connectivity index (χ1v) is 11.6. The Morgan fingerprint density at radius 2 is 1.91 bits per heavy atom. The van der Waals surface area contributed by atoms with Crippen LogP contribution in [0.3, 0.4) is 0 Å². The molecule has 1 amide bonds. The number of rotatable bonds is 8. The van der Waals surface area contributed by atoms with Crippen molar-refractivity contribution in [3.63, 3.8) is 0 Å². The van der Waals surface area contributed by atoms with Gasteiger partial charge in [0, 0.05) is 19.6 Å². The molecule has 0 saturated heterocycles. The van der Waals surface area contributed by atoms with Crippen molar-refractivity contribution in [1.82, 2.24) is 34.7 Å². The van der Waals surface area contributed by atoms with Crippen LogP contribution in [0.2, 0.25) is 0 Å². The quantitative estimate of drug-likeness (QED) is 0.476. The van der Waals surface area contributed by atoms with Gasteiger partial charge in [-0.25, -0.2) is 9.18 Å². The molecule has 12 heteroatoms. The third-order valence-electron chi connectivity index (χ3n) is 6.25. The van der Waals surface area contributed by atoms with E-state index in [-0.39, 0.29) is 23.1 Å². The van der Waals surface area contributed by atoms with Crippen LogP contribution in [-0.2, 0) is 7.05 Å². The fourth-order valence-electron chi connectivity index (χ4n) is 4.19. The van der Waals surface area contributed by atoms with E-state index in [2.05, 4.69) is 32.5 Å². The molecule has 1 aliphatic rings. The van der Waals surface area contributed by atoms with Crippen LogP contribution in [0.5, 0.6) is 0 Å². The summed E-state index contributed by atoms with van der Waals surface area (Å²) in [4.78, 5) is 43.9. The zero-order chi connectivity index (χ0) is 24.9. The van der Waals surface area contributed by atoms with E-state index in [1.807, 2.05) is 0 Å². The summed E-state index contributed by atoms with van der Waals surface area (Å²) in [7, 11) is 3.38. The molecule has 0 unspecified atom stereocenters. The molecule has 1 saturated carbocycles. The Bertz CT molecular complexity index is 1290. The molecule has 1 aromatic carbocycles. The van der Waals surface area contributed by atoms with E-state index in [0.717, 1.165) is 34.3 Å². The Morgan fingerprint density at radius 3 is 2.63 bits per heavy atom. The van der Waals surface area contributed by atoms with E-state index >= 15 is 0 Å². The number of aromatic nitrogens is 5. The molecular weight excluding hydrogens is 457 g/mol. The smallest absolute Gasteiger partial charge is 0.348 e. The van der Waals surface area contributed by atoms with Crippen molar-refractivity contribution in [3.8, 4) is 17.2 Å². The van der Waals surface area contributed by atoms with E-state index in [4.69, 9.17) is 4.52 Å². The Balaban J connectivity index is 1.43. The molecule has 1 N–H and O–H groups in total. The maximum Gasteiger partial charge on any atom is 0.351 e. The van der Waals surface area contributed by atoms with Gasteiger partial charge < -0.3 is 14.7 Å². The number of benzene rings is 1. The Kier molecular flexibility index (Phi) is 7.49. The predicted octanol–water partition coefficient (Wildman–Crippen LogP) is 1.50. The monoisotopic (exact) mass is 485 g/mol. The van der Waals surface area contributed by atoms with Crippen LogP contribution in [0.1, 0.15) is 49.2 Å². The highest BCUT2D eigenvalue weighted by molar-refractivity contribution is 5.89. The second kappa shape index (κ2) is 10.7. The van der Waals surface area contributed by atoms with Crippen LogP contribution in [0, 0.1) is 5.82 Å². The molecule has 0 bridgehead atoms. The van der Waals surface area contributed by atoms with Gasteiger partial charge in [0.25, 0.3) is 5.56 Å². The van der Waals surface area contributed by atoms with Crippen molar-refractivity contribution in [1.29, 1.82) is 0 Å². The summed E-state index contributed by atoms with van der Waals surface area (Å²) in [6, 6.07) is 5.62. The van der Waals surface area contributed by atoms with E-state index in [9.17, 15) is 18.8 Å². The molecule has 35 heavy (non-hydrogen) atoms. The van der Waals surface area contributed by atoms with Crippen LogP contribution in [-0.4, -0.2) is 61.5 Å². The number of halogens is 1. The lowest BCUT2D eigenvalue weighted by atomic mass is 9.94. The topological polar surface area (TPSA) is 128 Å². The average Bonchev–Trinajstić information content (AvgIpc) is 3.36. The van der Waals surface area contributed by atoms with Crippen LogP contribution in [0.4, 0.5) is 4.39 Å². The molecule has 0 atom stereocenters. The minimum atomic E-state index is -0.758. The molecule has 4 rings (SSSR count). The number of hydrogen-bond donors (Lipinski definition) is 1. The number of nitrogens with one attached hydrogen (secondary N) is 1. The summed E-state index contributed by atoms with van der Waals surface area (Å²) in [5.74, 6) is -1.60. The van der Waals surface area contributed by atoms with Gasteiger partial charge in [-0.05, 0) is 57.1 Å². The van der Waals surface area contributed by atoms with Gasteiger partial charge in [-0.1, -0.05) is 24.4 Å². The van der Waals surface area contributed by atoms with E-state index in [1.54, 1.807) is 0 Å². The lowest BCUT2D eigenvalue weighted by Crippen LogP contribution is -2.40. The van der Waals surface area contributed by atoms with Gasteiger partial charge in [-0.3, -0.25) is 14.2 Å². The molecule has 0 aliphatic heterocycles. The van der Waals surface area contributed by atoms with Gasteiger partial charge in [-0.15, -0.1) is 0 Å². The first-order valence-electron chi connectivity index (χ1n) is 11.6. The van der Waals surface area contributed by atoms with Crippen LogP contribution >= 0.6 is 0 Å².